The first kappa shape index (κ1) is 19.7. The van der Waals surface area contributed by atoms with E-state index in [4.69, 9.17) is 11.6 Å². The van der Waals surface area contributed by atoms with Gasteiger partial charge in [-0.25, -0.2) is 4.79 Å². The molecule has 0 bridgehead atoms. The fourth-order valence-corrected chi connectivity index (χ4v) is 3.70. The summed E-state index contributed by atoms with van der Waals surface area (Å²) >= 11 is 5.98. The van der Waals surface area contributed by atoms with Gasteiger partial charge in [0.05, 0.1) is 21.5 Å². The molecule has 2 heterocycles. The first-order valence-corrected chi connectivity index (χ1v) is 9.44. The molecule has 0 aliphatic carbocycles. The molecule has 0 N–H and O–H groups in total. The zero-order chi connectivity index (χ0) is 21.6. The van der Waals surface area contributed by atoms with E-state index >= 15 is 0 Å². The van der Waals surface area contributed by atoms with Gasteiger partial charge in [-0.15, -0.1) is 0 Å². The van der Waals surface area contributed by atoms with Crippen LogP contribution in [0.5, 0.6) is 0 Å². The van der Waals surface area contributed by atoms with Crippen LogP contribution in [0.25, 0.3) is 22.2 Å². The average Bonchev–Trinajstić information content (AvgIpc) is 3.11. The number of rotatable bonds is 4. The van der Waals surface area contributed by atoms with Crippen molar-refractivity contribution in [1.82, 2.24) is 13.7 Å². The van der Waals surface area contributed by atoms with Crippen molar-refractivity contribution in [3.63, 3.8) is 0 Å². The SMILES string of the molecule is Cn1c(=O)c2c(-c3cccc([N+](=O)[O-])c3)n(Cc3ccc(Cl)cc3)cc2n(C)c1=O. The smallest absolute Gasteiger partial charge is 0.330 e. The minimum atomic E-state index is -0.480. The van der Waals surface area contributed by atoms with Crippen molar-refractivity contribution in [2.75, 3.05) is 0 Å². The van der Waals surface area contributed by atoms with E-state index in [9.17, 15) is 19.7 Å². The number of non-ortho nitro benzene ring substituents is 1. The van der Waals surface area contributed by atoms with E-state index in [0.29, 0.717) is 33.7 Å². The van der Waals surface area contributed by atoms with Crippen molar-refractivity contribution in [2.24, 2.45) is 14.1 Å². The Labute approximate surface area is 175 Å². The predicted octanol–water partition coefficient (Wildman–Crippen LogP) is 3.32. The van der Waals surface area contributed by atoms with E-state index in [2.05, 4.69) is 0 Å². The van der Waals surface area contributed by atoms with Gasteiger partial charge < -0.3 is 4.57 Å². The molecule has 0 atom stereocenters. The van der Waals surface area contributed by atoms with Crippen LogP contribution >= 0.6 is 11.6 Å². The molecule has 0 amide bonds. The quantitative estimate of drug-likeness (QED) is 0.371. The zero-order valence-electron chi connectivity index (χ0n) is 16.2. The number of halogens is 1. The summed E-state index contributed by atoms with van der Waals surface area (Å²) < 4.78 is 4.26. The van der Waals surface area contributed by atoms with Gasteiger partial charge in [0, 0.05) is 49.6 Å². The van der Waals surface area contributed by atoms with E-state index in [1.807, 2.05) is 16.7 Å². The second kappa shape index (κ2) is 7.31. The lowest BCUT2D eigenvalue weighted by Gasteiger charge is -2.10. The van der Waals surface area contributed by atoms with Crippen LogP contribution in [0.15, 0.2) is 64.3 Å². The molecule has 9 heteroatoms. The third kappa shape index (κ3) is 3.21. The Morgan fingerprint density at radius 2 is 1.73 bits per heavy atom. The van der Waals surface area contributed by atoms with Crippen molar-refractivity contribution >= 4 is 28.2 Å². The summed E-state index contributed by atoms with van der Waals surface area (Å²) in [5.41, 5.74) is 1.43. The highest BCUT2D eigenvalue weighted by atomic mass is 35.5. The predicted molar refractivity (Wildman–Crippen MR) is 115 cm³/mol. The highest BCUT2D eigenvalue weighted by molar-refractivity contribution is 6.30. The van der Waals surface area contributed by atoms with Crippen molar-refractivity contribution in [1.29, 1.82) is 0 Å². The van der Waals surface area contributed by atoms with Crippen LogP contribution in [0.1, 0.15) is 5.56 Å². The lowest BCUT2D eigenvalue weighted by atomic mass is 10.1. The lowest BCUT2D eigenvalue weighted by Crippen LogP contribution is -2.36. The second-order valence-corrected chi connectivity index (χ2v) is 7.44. The van der Waals surface area contributed by atoms with Gasteiger partial charge in [-0.1, -0.05) is 35.9 Å². The van der Waals surface area contributed by atoms with E-state index in [0.717, 1.165) is 10.1 Å². The summed E-state index contributed by atoms with van der Waals surface area (Å²) in [5, 5.41) is 12.2. The molecule has 0 saturated carbocycles. The van der Waals surface area contributed by atoms with E-state index < -0.39 is 16.2 Å². The minimum absolute atomic E-state index is 0.0819. The molecule has 8 nitrogen and oxygen atoms in total. The minimum Gasteiger partial charge on any atom is -0.340 e. The number of hydrogen-bond donors (Lipinski definition) is 0. The molecule has 0 spiro atoms. The van der Waals surface area contributed by atoms with Crippen LogP contribution < -0.4 is 11.2 Å². The number of aryl methyl sites for hydroxylation is 1. The molecule has 2 aromatic heterocycles. The molecular weight excluding hydrogens is 408 g/mol. The van der Waals surface area contributed by atoms with Crippen molar-refractivity contribution in [2.45, 2.75) is 6.54 Å². The largest absolute Gasteiger partial charge is 0.340 e. The molecule has 0 radical (unpaired) electrons. The van der Waals surface area contributed by atoms with Gasteiger partial charge in [0.15, 0.2) is 0 Å². The molecule has 4 rings (SSSR count). The average molecular weight is 425 g/mol. The molecule has 0 unspecified atom stereocenters. The molecule has 30 heavy (non-hydrogen) atoms. The molecule has 0 aliphatic rings. The molecule has 0 aliphatic heterocycles. The fraction of sp³-hybridized carbons (Fsp3) is 0.143. The highest BCUT2D eigenvalue weighted by Crippen LogP contribution is 2.31. The summed E-state index contributed by atoms with van der Waals surface area (Å²) in [4.78, 5) is 36.2. The van der Waals surface area contributed by atoms with Gasteiger partial charge >= 0.3 is 5.69 Å². The number of nitro groups is 1. The third-order valence-corrected chi connectivity index (χ3v) is 5.36. The summed E-state index contributed by atoms with van der Waals surface area (Å²) in [6, 6.07) is 13.4. The lowest BCUT2D eigenvalue weighted by molar-refractivity contribution is -0.384. The Morgan fingerprint density at radius 3 is 2.40 bits per heavy atom. The molecule has 4 aromatic rings. The summed E-state index contributed by atoms with van der Waals surface area (Å²) in [6.45, 7) is 0.390. The van der Waals surface area contributed by atoms with Crippen LogP contribution in [0.3, 0.4) is 0 Å². The van der Waals surface area contributed by atoms with Crippen molar-refractivity contribution < 1.29 is 4.92 Å². The Morgan fingerprint density at radius 1 is 1.03 bits per heavy atom. The fourth-order valence-electron chi connectivity index (χ4n) is 3.58. The number of benzene rings is 2. The van der Waals surface area contributed by atoms with Crippen LogP contribution in [-0.4, -0.2) is 18.6 Å². The number of nitro benzene ring substituents is 1. The van der Waals surface area contributed by atoms with Gasteiger partial charge in [0.2, 0.25) is 0 Å². The Balaban J connectivity index is 2.05. The van der Waals surface area contributed by atoms with Gasteiger partial charge in [-0.05, 0) is 17.7 Å². The molecule has 0 fully saturated rings. The first-order chi connectivity index (χ1) is 14.3. The second-order valence-electron chi connectivity index (χ2n) is 7.01. The maximum atomic E-state index is 13.0. The topological polar surface area (TPSA) is 92.1 Å². The van der Waals surface area contributed by atoms with Gasteiger partial charge in [-0.2, -0.15) is 0 Å². The van der Waals surface area contributed by atoms with Crippen LogP contribution in [-0.2, 0) is 20.6 Å². The monoisotopic (exact) mass is 424 g/mol. The summed E-state index contributed by atoms with van der Waals surface area (Å²) in [5.74, 6) is 0. The Bertz CT molecular complexity index is 1410. The van der Waals surface area contributed by atoms with Gasteiger partial charge in [0.1, 0.15) is 0 Å². The molecule has 0 saturated heterocycles. The van der Waals surface area contributed by atoms with Crippen LogP contribution in [0, 0.1) is 10.1 Å². The standard InChI is InChI=1S/C21H17ClN4O4/c1-23-17-12-25(11-13-6-8-15(22)9-7-13)19(18(17)20(27)24(2)21(23)28)14-4-3-5-16(10-14)26(29)30/h3-10,12H,11H2,1-2H3. The number of hydrogen-bond acceptors (Lipinski definition) is 4. The summed E-state index contributed by atoms with van der Waals surface area (Å²) in [7, 11) is 3.01. The molecule has 2 aromatic carbocycles. The van der Waals surface area contributed by atoms with Crippen molar-refractivity contribution in [3.05, 3.63) is 96.3 Å². The van der Waals surface area contributed by atoms with Crippen molar-refractivity contribution in [3.8, 4) is 11.3 Å². The number of nitrogens with zero attached hydrogens (tertiary/aromatic N) is 4. The maximum absolute atomic E-state index is 13.0. The molecular formula is C21H17ClN4O4. The maximum Gasteiger partial charge on any atom is 0.330 e. The first-order valence-electron chi connectivity index (χ1n) is 9.06. The Hall–Kier alpha value is -3.65. The third-order valence-electron chi connectivity index (χ3n) is 5.11. The van der Waals surface area contributed by atoms with Crippen LogP contribution in [0.2, 0.25) is 5.02 Å². The number of aromatic nitrogens is 3. The van der Waals surface area contributed by atoms with E-state index in [-0.39, 0.29) is 5.69 Å². The zero-order valence-corrected chi connectivity index (χ0v) is 17.0. The summed E-state index contributed by atoms with van der Waals surface area (Å²) in [6.07, 6.45) is 1.72. The Kier molecular flexibility index (Phi) is 4.79. The normalized spacial score (nSPS) is 11.2. The van der Waals surface area contributed by atoms with Gasteiger partial charge in [-0.3, -0.25) is 24.0 Å². The van der Waals surface area contributed by atoms with Gasteiger partial charge in [0.25, 0.3) is 11.2 Å². The van der Waals surface area contributed by atoms with Crippen LogP contribution in [0.4, 0.5) is 5.69 Å². The number of fused-ring (bicyclic) bond motifs is 1. The van der Waals surface area contributed by atoms with E-state index in [1.165, 1.54) is 23.7 Å². The highest BCUT2D eigenvalue weighted by Gasteiger charge is 2.21. The van der Waals surface area contributed by atoms with E-state index in [1.54, 1.807) is 37.5 Å². The molecule has 152 valence electrons.